The van der Waals surface area contributed by atoms with Crippen molar-refractivity contribution >= 4 is 29.8 Å². The molecule has 11 nitrogen and oxygen atoms in total. The summed E-state index contributed by atoms with van der Waals surface area (Å²) in [6, 6.07) is -3.94. The number of nitrogens with one attached hydrogen (secondary N) is 3. The van der Waals surface area contributed by atoms with Gasteiger partial charge in [0.1, 0.15) is 12.1 Å². The van der Waals surface area contributed by atoms with Crippen LogP contribution in [0.4, 0.5) is 4.79 Å². The predicted molar refractivity (Wildman–Crippen MR) is 74.7 cm³/mol. The van der Waals surface area contributed by atoms with Gasteiger partial charge in [0.2, 0.25) is 5.91 Å². The zero-order valence-corrected chi connectivity index (χ0v) is 12.4. The molecule has 0 aromatic carbocycles. The lowest BCUT2D eigenvalue weighted by atomic mass is 10.1. The summed E-state index contributed by atoms with van der Waals surface area (Å²) in [6.45, 7) is 0. The van der Waals surface area contributed by atoms with Crippen molar-refractivity contribution in [2.45, 2.75) is 37.8 Å². The van der Waals surface area contributed by atoms with Crippen molar-refractivity contribution in [3.8, 4) is 0 Å². The molecule has 2 unspecified atom stereocenters. The molecule has 0 rings (SSSR count). The van der Waals surface area contributed by atoms with Gasteiger partial charge in [0.15, 0.2) is 0 Å². The van der Waals surface area contributed by atoms with Crippen LogP contribution >= 0.6 is 0 Å². The van der Waals surface area contributed by atoms with Crippen LogP contribution in [0, 0.1) is 0 Å². The van der Waals surface area contributed by atoms with Crippen LogP contribution in [0.2, 0.25) is 0 Å². The molecule has 6 N–H and O–H groups in total. The maximum absolute atomic E-state index is 11.6. The summed E-state index contributed by atoms with van der Waals surface area (Å²) < 4.78 is 0. The quantitative estimate of drug-likeness (QED) is 0.281. The molecule has 0 aliphatic heterocycles. The van der Waals surface area contributed by atoms with Crippen molar-refractivity contribution in [2.24, 2.45) is 0 Å². The second-order valence-electron chi connectivity index (χ2n) is 4.54. The van der Waals surface area contributed by atoms with E-state index in [0.717, 1.165) is 0 Å². The summed E-state index contributed by atoms with van der Waals surface area (Å²) in [6.07, 6.45) is -1.16. The third-order valence-electron chi connectivity index (χ3n) is 2.79. The Bertz CT molecular complexity index is 479. The van der Waals surface area contributed by atoms with Crippen LogP contribution in [0.15, 0.2) is 0 Å². The minimum Gasteiger partial charge on any atom is -0.481 e. The smallest absolute Gasteiger partial charge is 0.326 e. The van der Waals surface area contributed by atoms with Crippen LogP contribution in [0.3, 0.4) is 0 Å². The van der Waals surface area contributed by atoms with Crippen molar-refractivity contribution in [3.05, 3.63) is 0 Å². The van der Waals surface area contributed by atoms with Gasteiger partial charge < -0.3 is 31.3 Å². The normalized spacial score (nSPS) is 12.6. The maximum atomic E-state index is 11.6. The largest absolute Gasteiger partial charge is 0.481 e. The van der Waals surface area contributed by atoms with Crippen LogP contribution in [0.5, 0.6) is 0 Å². The number of carbonyl (C=O) groups is 5. The standard InChI is InChI=1S/C12H19N3O8/c1-13-8(16)4-2-6(10(19)20)14-12(23)15-7(11(21)22)3-5-9(17)18/h6-7H,2-5H2,1H3,(H,13,16)(H,17,18)(H,19,20)(H,21,22)(H2,14,15,23). The molecule has 23 heavy (non-hydrogen) atoms. The maximum Gasteiger partial charge on any atom is 0.326 e. The van der Waals surface area contributed by atoms with Gasteiger partial charge in [-0.15, -0.1) is 0 Å². The molecule has 0 aliphatic rings. The van der Waals surface area contributed by atoms with E-state index >= 15 is 0 Å². The molecular weight excluding hydrogens is 314 g/mol. The lowest BCUT2D eigenvalue weighted by Gasteiger charge is -2.18. The summed E-state index contributed by atoms with van der Waals surface area (Å²) in [5, 5.41) is 32.6. The highest BCUT2D eigenvalue weighted by Crippen LogP contribution is 2.01. The monoisotopic (exact) mass is 333 g/mol. The van der Waals surface area contributed by atoms with E-state index in [2.05, 4.69) is 5.32 Å². The lowest BCUT2D eigenvalue weighted by Crippen LogP contribution is -2.51. The third kappa shape index (κ3) is 8.90. The van der Waals surface area contributed by atoms with Crippen molar-refractivity contribution in [2.75, 3.05) is 7.05 Å². The summed E-state index contributed by atoms with van der Waals surface area (Å²) in [4.78, 5) is 55.0. The lowest BCUT2D eigenvalue weighted by molar-refractivity contribution is -0.141. The van der Waals surface area contributed by atoms with Crippen LogP contribution in [-0.2, 0) is 19.2 Å². The van der Waals surface area contributed by atoms with Crippen molar-refractivity contribution in [3.63, 3.8) is 0 Å². The molecule has 0 heterocycles. The molecular formula is C12H19N3O8. The highest BCUT2D eigenvalue weighted by atomic mass is 16.4. The third-order valence-corrected chi connectivity index (χ3v) is 2.79. The number of hydrogen-bond donors (Lipinski definition) is 6. The van der Waals surface area contributed by atoms with E-state index in [1.165, 1.54) is 7.05 Å². The van der Waals surface area contributed by atoms with E-state index < -0.39 is 48.4 Å². The minimum absolute atomic E-state index is 0.144. The first-order chi connectivity index (χ1) is 10.7. The molecule has 0 fully saturated rings. The fourth-order valence-corrected chi connectivity index (χ4v) is 1.54. The molecule has 0 saturated carbocycles. The Morgan fingerprint density at radius 2 is 1.26 bits per heavy atom. The molecule has 0 aromatic heterocycles. The number of amides is 3. The molecule has 0 spiro atoms. The Morgan fingerprint density at radius 1 is 0.826 bits per heavy atom. The van der Waals surface area contributed by atoms with Gasteiger partial charge in [-0.05, 0) is 12.8 Å². The van der Waals surface area contributed by atoms with Crippen LogP contribution in [0.1, 0.15) is 25.7 Å². The van der Waals surface area contributed by atoms with Gasteiger partial charge in [-0.2, -0.15) is 0 Å². The number of rotatable bonds is 10. The molecule has 130 valence electrons. The summed E-state index contributed by atoms with van der Waals surface area (Å²) in [5.41, 5.74) is 0. The fourth-order valence-electron chi connectivity index (χ4n) is 1.54. The molecule has 0 bridgehead atoms. The van der Waals surface area contributed by atoms with Crippen molar-refractivity contribution < 1.29 is 39.3 Å². The highest BCUT2D eigenvalue weighted by molar-refractivity contribution is 5.86. The molecule has 0 aromatic rings. The Balaban J connectivity index is 4.59. The average Bonchev–Trinajstić information content (AvgIpc) is 2.46. The first-order valence-corrected chi connectivity index (χ1v) is 6.62. The van der Waals surface area contributed by atoms with Crippen molar-refractivity contribution in [1.29, 1.82) is 0 Å². The molecule has 0 saturated heterocycles. The van der Waals surface area contributed by atoms with Gasteiger partial charge in [-0.3, -0.25) is 9.59 Å². The van der Waals surface area contributed by atoms with E-state index in [4.69, 9.17) is 15.3 Å². The number of urea groups is 1. The first-order valence-electron chi connectivity index (χ1n) is 6.62. The number of aliphatic carboxylic acids is 3. The van der Waals surface area contributed by atoms with Crippen molar-refractivity contribution in [1.82, 2.24) is 16.0 Å². The molecule has 3 amide bonds. The Labute approximate surface area is 131 Å². The van der Waals surface area contributed by atoms with E-state index in [0.29, 0.717) is 0 Å². The molecule has 11 heteroatoms. The number of carboxylic acids is 3. The predicted octanol–water partition coefficient (Wildman–Crippen LogP) is -1.42. The van der Waals surface area contributed by atoms with Crippen LogP contribution in [0.25, 0.3) is 0 Å². The van der Waals surface area contributed by atoms with Gasteiger partial charge in [0, 0.05) is 19.9 Å². The summed E-state index contributed by atoms with van der Waals surface area (Å²) >= 11 is 0. The Morgan fingerprint density at radius 3 is 1.61 bits per heavy atom. The first kappa shape index (κ1) is 20.1. The number of carbonyl (C=O) groups excluding carboxylic acids is 2. The Kier molecular flexibility index (Phi) is 8.74. The van der Waals surface area contributed by atoms with E-state index in [9.17, 15) is 24.0 Å². The zero-order valence-electron chi connectivity index (χ0n) is 12.4. The topological polar surface area (TPSA) is 182 Å². The summed E-state index contributed by atoms with van der Waals surface area (Å²) in [5.74, 6) is -4.48. The van der Waals surface area contributed by atoms with Gasteiger partial charge >= 0.3 is 23.9 Å². The van der Waals surface area contributed by atoms with E-state index in [1.807, 2.05) is 10.6 Å². The highest BCUT2D eigenvalue weighted by Gasteiger charge is 2.25. The zero-order chi connectivity index (χ0) is 18.0. The second-order valence-corrected chi connectivity index (χ2v) is 4.54. The Hall–Kier alpha value is -2.85. The minimum atomic E-state index is -1.47. The van der Waals surface area contributed by atoms with Gasteiger partial charge in [-0.1, -0.05) is 0 Å². The van der Waals surface area contributed by atoms with E-state index in [-0.39, 0.29) is 19.3 Å². The average molecular weight is 333 g/mol. The SMILES string of the molecule is CNC(=O)CCC(NC(=O)NC(CCC(=O)O)C(=O)O)C(=O)O. The fraction of sp³-hybridized carbons (Fsp3) is 0.583. The molecule has 0 aliphatic carbocycles. The van der Waals surface area contributed by atoms with Crippen LogP contribution in [-0.4, -0.2) is 64.3 Å². The van der Waals surface area contributed by atoms with E-state index in [1.54, 1.807) is 0 Å². The number of hydrogen-bond acceptors (Lipinski definition) is 5. The van der Waals surface area contributed by atoms with Crippen LogP contribution < -0.4 is 16.0 Å². The second kappa shape index (κ2) is 9.97. The van der Waals surface area contributed by atoms with Gasteiger partial charge in [0.05, 0.1) is 0 Å². The molecule has 0 radical (unpaired) electrons. The van der Waals surface area contributed by atoms with Gasteiger partial charge in [0.25, 0.3) is 0 Å². The molecule has 2 atom stereocenters. The number of carboxylic acid groups (broad SMARTS) is 3. The summed E-state index contributed by atoms with van der Waals surface area (Å²) in [7, 11) is 1.37. The van der Waals surface area contributed by atoms with Gasteiger partial charge in [-0.25, -0.2) is 14.4 Å².